The number of carbonyl (C=O) groups is 2. The van der Waals surface area contributed by atoms with Crippen LogP contribution in [0.25, 0.3) is 0 Å². The largest absolute Gasteiger partial charge is 0.480 e. The molecule has 5 nitrogen and oxygen atoms in total. The predicted molar refractivity (Wildman–Crippen MR) is 83.8 cm³/mol. The van der Waals surface area contributed by atoms with Gasteiger partial charge in [0.2, 0.25) is 0 Å². The number of benzene rings is 1. The number of rotatable bonds is 7. The van der Waals surface area contributed by atoms with Crippen molar-refractivity contribution in [2.24, 2.45) is 0 Å². The Balaban J connectivity index is 3.07. The van der Waals surface area contributed by atoms with E-state index in [0.29, 0.717) is 23.8 Å². The molecule has 0 fully saturated rings. The first-order chi connectivity index (χ1) is 9.99. The van der Waals surface area contributed by atoms with E-state index in [1.54, 1.807) is 36.4 Å². The standard InChI is InChI=1S/C15H17ClN2O3/c1-3-9-17(10-4-2)15(21)18(11-14(19)20)13-7-5-12(16)6-8-13/h3-8H,1-2,9-11H2,(H,19,20). The van der Waals surface area contributed by atoms with Crippen molar-refractivity contribution >= 4 is 29.3 Å². The van der Waals surface area contributed by atoms with E-state index in [-0.39, 0.29) is 0 Å². The number of carbonyl (C=O) groups excluding carboxylic acids is 1. The number of anilines is 1. The number of aliphatic carboxylic acids is 1. The van der Waals surface area contributed by atoms with Crippen molar-refractivity contribution in [2.75, 3.05) is 24.5 Å². The van der Waals surface area contributed by atoms with Gasteiger partial charge in [-0.25, -0.2) is 4.79 Å². The Hall–Kier alpha value is -2.27. The molecule has 112 valence electrons. The van der Waals surface area contributed by atoms with Crippen LogP contribution in [-0.4, -0.2) is 41.6 Å². The summed E-state index contributed by atoms with van der Waals surface area (Å²) in [7, 11) is 0. The fraction of sp³-hybridized carbons (Fsp3) is 0.200. The van der Waals surface area contributed by atoms with Crippen LogP contribution in [0.2, 0.25) is 5.02 Å². The van der Waals surface area contributed by atoms with Gasteiger partial charge in [-0.15, -0.1) is 13.2 Å². The summed E-state index contributed by atoms with van der Waals surface area (Å²) in [5, 5.41) is 9.52. The van der Waals surface area contributed by atoms with Crippen molar-refractivity contribution in [3.63, 3.8) is 0 Å². The highest BCUT2D eigenvalue weighted by Crippen LogP contribution is 2.19. The van der Waals surface area contributed by atoms with E-state index in [1.807, 2.05) is 0 Å². The van der Waals surface area contributed by atoms with Crippen LogP contribution in [0.4, 0.5) is 10.5 Å². The lowest BCUT2D eigenvalue weighted by Gasteiger charge is -2.28. The van der Waals surface area contributed by atoms with Crippen molar-refractivity contribution in [2.45, 2.75) is 0 Å². The number of nitrogens with zero attached hydrogens (tertiary/aromatic N) is 2. The van der Waals surface area contributed by atoms with Gasteiger partial charge < -0.3 is 10.0 Å². The smallest absolute Gasteiger partial charge is 0.325 e. The van der Waals surface area contributed by atoms with E-state index in [1.165, 1.54) is 9.80 Å². The fourth-order valence-electron chi connectivity index (χ4n) is 1.74. The molecular weight excluding hydrogens is 292 g/mol. The predicted octanol–water partition coefficient (Wildman–Crippen LogP) is 3.03. The van der Waals surface area contributed by atoms with Crippen LogP contribution in [0.5, 0.6) is 0 Å². The molecule has 0 heterocycles. The van der Waals surface area contributed by atoms with Crippen LogP contribution < -0.4 is 4.90 Å². The zero-order valence-corrected chi connectivity index (χ0v) is 12.3. The Morgan fingerprint density at radius 3 is 2.10 bits per heavy atom. The second kappa shape index (κ2) is 8.11. The summed E-state index contributed by atoms with van der Waals surface area (Å²) >= 11 is 5.81. The SMILES string of the molecule is C=CCN(CC=C)C(=O)N(CC(=O)O)c1ccc(Cl)cc1. The Labute approximate surface area is 128 Å². The molecule has 0 aliphatic carbocycles. The average molecular weight is 309 g/mol. The quantitative estimate of drug-likeness (QED) is 0.788. The third-order valence-electron chi connectivity index (χ3n) is 2.63. The minimum absolute atomic E-state index is 0.300. The fourth-order valence-corrected chi connectivity index (χ4v) is 1.86. The molecule has 0 aliphatic heterocycles. The lowest BCUT2D eigenvalue weighted by atomic mass is 10.3. The van der Waals surface area contributed by atoms with Crippen LogP contribution in [0.15, 0.2) is 49.6 Å². The van der Waals surface area contributed by atoms with Crippen molar-refractivity contribution in [1.82, 2.24) is 4.90 Å². The van der Waals surface area contributed by atoms with Crippen LogP contribution in [0.3, 0.4) is 0 Å². The summed E-state index contributed by atoms with van der Waals surface area (Å²) < 4.78 is 0. The summed E-state index contributed by atoms with van der Waals surface area (Å²) in [5.41, 5.74) is 0.463. The van der Waals surface area contributed by atoms with Gasteiger partial charge in [-0.3, -0.25) is 9.69 Å². The lowest BCUT2D eigenvalue weighted by Crippen LogP contribution is -2.45. The van der Waals surface area contributed by atoms with E-state index >= 15 is 0 Å². The zero-order valence-electron chi connectivity index (χ0n) is 11.5. The van der Waals surface area contributed by atoms with E-state index in [0.717, 1.165) is 0 Å². The topological polar surface area (TPSA) is 60.9 Å². The van der Waals surface area contributed by atoms with Gasteiger partial charge in [-0.05, 0) is 24.3 Å². The number of hydrogen-bond acceptors (Lipinski definition) is 2. The Morgan fingerprint density at radius 1 is 1.14 bits per heavy atom. The van der Waals surface area contributed by atoms with E-state index in [9.17, 15) is 9.59 Å². The molecule has 1 aromatic rings. The van der Waals surface area contributed by atoms with Gasteiger partial charge in [0.15, 0.2) is 0 Å². The number of carboxylic acids is 1. The van der Waals surface area contributed by atoms with Crippen LogP contribution in [0.1, 0.15) is 0 Å². The first-order valence-corrected chi connectivity index (χ1v) is 6.63. The minimum Gasteiger partial charge on any atom is -0.480 e. The van der Waals surface area contributed by atoms with E-state index < -0.39 is 18.5 Å². The van der Waals surface area contributed by atoms with Crippen LogP contribution in [0, 0.1) is 0 Å². The molecule has 0 aromatic heterocycles. The first kappa shape index (κ1) is 16.8. The molecular formula is C15H17ClN2O3. The highest BCUT2D eigenvalue weighted by Gasteiger charge is 2.23. The summed E-state index contributed by atoms with van der Waals surface area (Å²) in [6.07, 6.45) is 3.14. The number of amides is 2. The molecule has 0 bridgehead atoms. The molecule has 1 aromatic carbocycles. The minimum atomic E-state index is -1.10. The summed E-state index contributed by atoms with van der Waals surface area (Å²) in [6, 6.07) is 5.97. The van der Waals surface area contributed by atoms with Crippen LogP contribution in [-0.2, 0) is 4.79 Å². The normalized spacial score (nSPS) is 9.76. The third kappa shape index (κ3) is 4.96. The van der Waals surface area contributed by atoms with E-state index in [2.05, 4.69) is 13.2 Å². The highest BCUT2D eigenvalue weighted by molar-refractivity contribution is 6.30. The summed E-state index contributed by atoms with van der Waals surface area (Å²) in [4.78, 5) is 26.1. The van der Waals surface area contributed by atoms with Crippen molar-refractivity contribution in [3.05, 3.63) is 54.6 Å². The molecule has 0 saturated heterocycles. The molecule has 0 spiro atoms. The summed E-state index contributed by atoms with van der Waals surface area (Å²) in [5.74, 6) is -1.10. The molecule has 1 rings (SSSR count). The molecule has 6 heteroatoms. The van der Waals surface area contributed by atoms with Gasteiger partial charge in [-0.1, -0.05) is 23.8 Å². The summed E-state index contributed by atoms with van der Waals surface area (Å²) in [6.45, 7) is 7.34. The molecule has 0 aliphatic rings. The monoisotopic (exact) mass is 308 g/mol. The molecule has 21 heavy (non-hydrogen) atoms. The molecule has 0 saturated carbocycles. The molecule has 2 amide bonds. The Kier molecular flexibility index (Phi) is 6.49. The maximum atomic E-state index is 12.5. The zero-order chi connectivity index (χ0) is 15.8. The maximum Gasteiger partial charge on any atom is 0.325 e. The molecule has 0 radical (unpaired) electrons. The van der Waals surface area contributed by atoms with Crippen molar-refractivity contribution in [3.8, 4) is 0 Å². The van der Waals surface area contributed by atoms with Gasteiger partial charge in [-0.2, -0.15) is 0 Å². The average Bonchev–Trinajstić information content (AvgIpc) is 2.45. The number of hydrogen-bond donors (Lipinski definition) is 1. The van der Waals surface area contributed by atoms with Gasteiger partial charge in [0.05, 0.1) is 0 Å². The van der Waals surface area contributed by atoms with Gasteiger partial charge in [0.25, 0.3) is 0 Å². The highest BCUT2D eigenvalue weighted by atomic mass is 35.5. The van der Waals surface area contributed by atoms with Gasteiger partial charge in [0.1, 0.15) is 6.54 Å². The molecule has 0 unspecified atom stereocenters. The Bertz CT molecular complexity index is 518. The second-order valence-corrected chi connectivity index (χ2v) is 4.66. The Morgan fingerprint density at radius 2 is 1.67 bits per heavy atom. The number of carboxylic acid groups (broad SMARTS) is 1. The number of halogens is 1. The van der Waals surface area contributed by atoms with Crippen molar-refractivity contribution in [1.29, 1.82) is 0 Å². The number of urea groups is 1. The second-order valence-electron chi connectivity index (χ2n) is 4.22. The maximum absolute atomic E-state index is 12.5. The third-order valence-corrected chi connectivity index (χ3v) is 2.88. The van der Waals surface area contributed by atoms with E-state index in [4.69, 9.17) is 16.7 Å². The van der Waals surface area contributed by atoms with Crippen molar-refractivity contribution < 1.29 is 14.7 Å². The van der Waals surface area contributed by atoms with Gasteiger partial charge >= 0.3 is 12.0 Å². The lowest BCUT2D eigenvalue weighted by molar-refractivity contribution is -0.135. The molecule has 1 N–H and O–H groups in total. The molecule has 0 atom stereocenters. The first-order valence-electron chi connectivity index (χ1n) is 6.25. The van der Waals surface area contributed by atoms with Gasteiger partial charge in [0, 0.05) is 23.8 Å². The van der Waals surface area contributed by atoms with Crippen LogP contribution >= 0.6 is 11.6 Å².